The molecule has 1 aromatic carbocycles. The van der Waals surface area contributed by atoms with Crippen molar-refractivity contribution in [2.24, 2.45) is 0 Å². The highest BCUT2D eigenvalue weighted by Crippen LogP contribution is 2.33. The summed E-state index contributed by atoms with van der Waals surface area (Å²) in [7, 11) is 0. The summed E-state index contributed by atoms with van der Waals surface area (Å²) in [5.41, 5.74) is 2.27. The molecular formula is C31H31N9O3. The largest absolute Gasteiger partial charge is 0.480 e. The molecule has 0 saturated carbocycles. The minimum Gasteiger partial charge on any atom is -0.480 e. The average Bonchev–Trinajstić information content (AvgIpc) is 3.57. The van der Waals surface area contributed by atoms with Gasteiger partial charge >= 0.3 is 0 Å². The predicted molar refractivity (Wildman–Crippen MR) is 164 cm³/mol. The van der Waals surface area contributed by atoms with Crippen LogP contribution in [-0.4, -0.2) is 61.0 Å². The molecule has 3 aliphatic heterocycles. The second-order valence-electron chi connectivity index (χ2n) is 11.2. The summed E-state index contributed by atoms with van der Waals surface area (Å²) < 4.78 is 11.3. The van der Waals surface area contributed by atoms with Crippen LogP contribution in [0.2, 0.25) is 0 Å². The third-order valence-corrected chi connectivity index (χ3v) is 8.50. The van der Waals surface area contributed by atoms with Crippen LogP contribution in [0.5, 0.6) is 5.75 Å². The fraction of sp³-hybridized carbons (Fsp3) is 0.323. The van der Waals surface area contributed by atoms with E-state index in [0.717, 1.165) is 49.8 Å². The molecule has 2 N–H and O–H groups in total. The fourth-order valence-electron chi connectivity index (χ4n) is 6.34. The zero-order valence-corrected chi connectivity index (χ0v) is 23.6. The molecule has 1 fully saturated rings. The molecule has 218 valence electrons. The molecule has 8 rings (SSSR count). The number of pyridine rings is 1. The number of hydrogen-bond acceptors (Lipinski definition) is 8. The minimum atomic E-state index is -0.215. The Morgan fingerprint density at radius 1 is 1.02 bits per heavy atom. The maximum absolute atomic E-state index is 13.6. The van der Waals surface area contributed by atoms with Gasteiger partial charge in [-0.3, -0.25) is 14.5 Å². The van der Waals surface area contributed by atoms with Crippen LogP contribution in [0.25, 0.3) is 27.8 Å². The fourth-order valence-corrected chi connectivity index (χ4v) is 6.34. The number of rotatable bonds is 3. The lowest BCUT2D eigenvalue weighted by Crippen LogP contribution is -2.40. The molecule has 5 aromatic rings. The second kappa shape index (κ2) is 10.4. The van der Waals surface area contributed by atoms with Crippen molar-refractivity contribution in [2.45, 2.75) is 38.3 Å². The number of carbonyl (C=O) groups excluding carboxylic acids is 1. The van der Waals surface area contributed by atoms with Crippen LogP contribution >= 0.6 is 0 Å². The molecule has 4 aromatic heterocycles. The number of nitrogens with one attached hydrogen (secondary N) is 2. The maximum Gasteiger partial charge on any atom is 0.278 e. The number of aromatic nitrogens is 6. The number of ether oxygens (including phenoxy) is 1. The van der Waals surface area contributed by atoms with Crippen LogP contribution in [0.15, 0.2) is 65.7 Å². The van der Waals surface area contributed by atoms with Gasteiger partial charge in [0.1, 0.15) is 5.39 Å². The van der Waals surface area contributed by atoms with E-state index in [-0.39, 0.29) is 18.1 Å². The molecule has 43 heavy (non-hydrogen) atoms. The number of allylic oxidation sites excluding steroid dienone is 2. The van der Waals surface area contributed by atoms with Gasteiger partial charge in [-0.25, -0.2) is 19.3 Å². The summed E-state index contributed by atoms with van der Waals surface area (Å²) in [4.78, 5) is 42.1. The van der Waals surface area contributed by atoms with Crippen molar-refractivity contribution in [3.05, 3.63) is 71.3 Å². The molecular weight excluding hydrogens is 546 g/mol. The van der Waals surface area contributed by atoms with Gasteiger partial charge in [-0.1, -0.05) is 12.2 Å². The molecule has 0 radical (unpaired) electrons. The van der Waals surface area contributed by atoms with Gasteiger partial charge in [-0.2, -0.15) is 4.98 Å². The Hall–Kier alpha value is -4.97. The van der Waals surface area contributed by atoms with Gasteiger partial charge in [0.25, 0.3) is 11.5 Å². The summed E-state index contributed by atoms with van der Waals surface area (Å²) in [6.07, 6.45) is 11.5. The number of carbonyl (C=O) groups is 1. The Labute approximate surface area is 246 Å². The zero-order chi connectivity index (χ0) is 28.9. The molecule has 1 amide bonds. The van der Waals surface area contributed by atoms with E-state index in [1.807, 2.05) is 18.2 Å². The minimum absolute atomic E-state index is 0.0160. The monoisotopic (exact) mass is 577 g/mol. The van der Waals surface area contributed by atoms with Crippen LogP contribution in [0.4, 0.5) is 17.5 Å². The number of amides is 1. The van der Waals surface area contributed by atoms with E-state index in [4.69, 9.17) is 14.7 Å². The number of piperidine rings is 1. The van der Waals surface area contributed by atoms with E-state index in [2.05, 4.69) is 44.6 Å². The lowest BCUT2D eigenvalue weighted by atomic mass is 10.1. The summed E-state index contributed by atoms with van der Waals surface area (Å²) in [6, 6.07) is 12.5. The van der Waals surface area contributed by atoms with E-state index in [0.29, 0.717) is 53.5 Å². The van der Waals surface area contributed by atoms with E-state index < -0.39 is 0 Å². The Morgan fingerprint density at radius 3 is 2.84 bits per heavy atom. The van der Waals surface area contributed by atoms with Crippen molar-refractivity contribution >= 4 is 45.3 Å². The Bertz CT molecular complexity index is 1960. The molecule has 0 unspecified atom stereocenters. The van der Waals surface area contributed by atoms with Crippen LogP contribution in [0, 0.1) is 0 Å². The first-order valence-electron chi connectivity index (χ1n) is 14.8. The lowest BCUT2D eigenvalue weighted by molar-refractivity contribution is -0.121. The molecule has 1 saturated heterocycles. The molecule has 0 aliphatic carbocycles. The first kappa shape index (κ1) is 25.7. The van der Waals surface area contributed by atoms with Crippen molar-refractivity contribution in [2.75, 3.05) is 36.5 Å². The lowest BCUT2D eigenvalue weighted by Gasteiger charge is -2.28. The maximum atomic E-state index is 13.6. The normalized spacial score (nSPS) is 18.1. The van der Waals surface area contributed by atoms with Gasteiger partial charge in [-0.15, -0.1) is 0 Å². The third-order valence-electron chi connectivity index (χ3n) is 8.50. The topological polar surface area (TPSA) is 124 Å². The average molecular weight is 578 g/mol. The highest BCUT2D eigenvalue weighted by Gasteiger charge is 2.28. The number of nitrogens with zero attached hydrogens (tertiary/aromatic N) is 7. The van der Waals surface area contributed by atoms with Gasteiger partial charge in [0.2, 0.25) is 5.95 Å². The first-order chi connectivity index (χ1) is 21.1. The standard InChI is InChI=1S/C31H31N9O3/c41-27-19-43-25-7-8-26-35-29(25)38(27)14-3-1-2-4-15-39-30(42)23-18-33-31(36-28(23)40(26)39)34-21-5-6-24-20(17-21)11-16-37(24)22-9-12-32-13-10-22/h2,4-8,11,16-18,22,32H,1,3,9-10,12-15,19H2,(H,33,34,36)/b4-2-. The third kappa shape index (κ3) is 4.45. The summed E-state index contributed by atoms with van der Waals surface area (Å²) in [5.74, 6) is 1.70. The summed E-state index contributed by atoms with van der Waals surface area (Å²) in [5, 5.41) is 8.29. The molecule has 0 spiro atoms. The highest BCUT2D eigenvalue weighted by molar-refractivity contribution is 5.96. The first-order valence-corrected chi connectivity index (χ1v) is 14.8. The van der Waals surface area contributed by atoms with Crippen molar-refractivity contribution in [3.63, 3.8) is 0 Å². The van der Waals surface area contributed by atoms with E-state index >= 15 is 0 Å². The molecule has 12 nitrogen and oxygen atoms in total. The van der Waals surface area contributed by atoms with Crippen LogP contribution in [0.1, 0.15) is 31.7 Å². The second-order valence-corrected chi connectivity index (χ2v) is 11.2. The van der Waals surface area contributed by atoms with Crippen molar-refractivity contribution in [1.29, 1.82) is 0 Å². The van der Waals surface area contributed by atoms with E-state index in [1.165, 1.54) is 5.52 Å². The van der Waals surface area contributed by atoms with Gasteiger partial charge in [0, 0.05) is 41.6 Å². The Kier molecular flexibility index (Phi) is 6.21. The van der Waals surface area contributed by atoms with Crippen LogP contribution < -0.4 is 25.8 Å². The predicted octanol–water partition coefficient (Wildman–Crippen LogP) is 3.68. The SMILES string of the molecule is O=C1COc2ccc3nc2N1CCC/C=C\Cn1c(=O)c2cnc(Nc4ccc5c(ccn5C5CCNCC5)c4)nc2n1-3. The molecule has 7 heterocycles. The van der Waals surface area contributed by atoms with E-state index in [9.17, 15) is 9.59 Å². The van der Waals surface area contributed by atoms with Gasteiger partial charge in [0.15, 0.2) is 29.6 Å². The highest BCUT2D eigenvalue weighted by atomic mass is 16.5. The summed E-state index contributed by atoms with van der Waals surface area (Å²) >= 11 is 0. The van der Waals surface area contributed by atoms with Crippen molar-refractivity contribution in [1.82, 2.24) is 34.2 Å². The smallest absolute Gasteiger partial charge is 0.278 e. The zero-order valence-electron chi connectivity index (χ0n) is 23.6. The molecule has 3 aliphatic rings. The molecule has 12 heteroatoms. The molecule has 2 bridgehead atoms. The summed E-state index contributed by atoms with van der Waals surface area (Å²) in [6.45, 7) is 2.95. The van der Waals surface area contributed by atoms with Gasteiger partial charge in [-0.05, 0) is 75.2 Å². The van der Waals surface area contributed by atoms with Crippen LogP contribution in [-0.2, 0) is 11.3 Å². The van der Waals surface area contributed by atoms with Crippen molar-refractivity contribution < 1.29 is 9.53 Å². The number of benzene rings is 1. The number of hydrogen-bond donors (Lipinski definition) is 2. The van der Waals surface area contributed by atoms with Gasteiger partial charge in [0.05, 0.1) is 6.54 Å². The number of fused-ring (bicyclic) bond motifs is 6. The quantitative estimate of drug-likeness (QED) is 0.312. The van der Waals surface area contributed by atoms with Crippen LogP contribution in [0.3, 0.4) is 0 Å². The molecule has 0 atom stereocenters. The Balaban J connectivity index is 1.19. The van der Waals surface area contributed by atoms with E-state index in [1.54, 1.807) is 32.6 Å². The Morgan fingerprint density at radius 2 is 1.93 bits per heavy atom. The number of anilines is 3. The van der Waals surface area contributed by atoms with Gasteiger partial charge < -0.3 is 19.9 Å². The van der Waals surface area contributed by atoms with Crippen molar-refractivity contribution in [3.8, 4) is 11.6 Å².